The number of hydrogen-bond acceptors (Lipinski definition) is 1. The van der Waals surface area contributed by atoms with Gasteiger partial charge in [0.25, 0.3) is 0 Å². The number of fused-ring (bicyclic) bond motifs is 9. The van der Waals surface area contributed by atoms with E-state index in [1.54, 1.807) is 0 Å². The highest BCUT2D eigenvalue weighted by atomic mass is 16.3. The minimum absolute atomic E-state index is 0.181. The van der Waals surface area contributed by atoms with Gasteiger partial charge in [-0.3, -0.25) is 0 Å². The first-order valence-electron chi connectivity index (χ1n) is 12.1. The second-order valence-corrected chi connectivity index (χ2v) is 10.1. The van der Waals surface area contributed by atoms with E-state index in [0.717, 1.165) is 11.2 Å². The molecule has 0 atom stereocenters. The molecule has 5 aromatic rings. The second kappa shape index (κ2) is 6.57. The molecule has 2 nitrogen and oxygen atoms in total. The van der Waals surface area contributed by atoms with Gasteiger partial charge in [-0.05, 0) is 66.1 Å². The van der Waals surface area contributed by atoms with Crippen LogP contribution in [0.5, 0.6) is 0 Å². The van der Waals surface area contributed by atoms with Crippen LogP contribution in [-0.4, -0.2) is 0 Å². The third kappa shape index (κ3) is 2.41. The molecule has 1 spiro atoms. The Morgan fingerprint density at radius 1 is 0.848 bits per heavy atom. The number of rotatable bonds is 1. The second-order valence-electron chi connectivity index (χ2n) is 10.1. The molecule has 1 saturated carbocycles. The number of aromatic nitrogens is 1. The van der Waals surface area contributed by atoms with E-state index < -0.39 is 0 Å². The van der Waals surface area contributed by atoms with Crippen molar-refractivity contribution in [2.45, 2.75) is 44.9 Å². The van der Waals surface area contributed by atoms with E-state index in [0.29, 0.717) is 0 Å². The highest BCUT2D eigenvalue weighted by Crippen LogP contribution is 2.59. The van der Waals surface area contributed by atoms with Crippen molar-refractivity contribution in [2.75, 3.05) is 0 Å². The standard InChI is InChI=1S/C31H28NO/c1-19-14-17-32(3)25(18-19)27-20(2)10-11-22-29-26(33-30(22)27)13-12-24-28(29)21-8-4-5-9-23(21)31(24)15-6-7-16-31/h4-5,8-14,17-18H,6-7,15-16H2,1-3H3/q+1. The van der Waals surface area contributed by atoms with Gasteiger partial charge in [0.2, 0.25) is 5.69 Å². The summed E-state index contributed by atoms with van der Waals surface area (Å²) in [5.41, 5.74) is 12.9. The average Bonchev–Trinajstić information content (AvgIpc) is 3.52. The van der Waals surface area contributed by atoms with Crippen molar-refractivity contribution in [3.8, 4) is 22.4 Å². The zero-order valence-corrected chi connectivity index (χ0v) is 19.5. The number of benzene rings is 3. The van der Waals surface area contributed by atoms with E-state index in [9.17, 15) is 0 Å². The molecule has 0 saturated heterocycles. The lowest BCUT2D eigenvalue weighted by molar-refractivity contribution is -0.660. The van der Waals surface area contributed by atoms with Gasteiger partial charge in [-0.2, -0.15) is 0 Å². The van der Waals surface area contributed by atoms with Crippen LogP contribution in [-0.2, 0) is 12.5 Å². The Morgan fingerprint density at radius 2 is 1.67 bits per heavy atom. The predicted octanol–water partition coefficient (Wildman–Crippen LogP) is 7.53. The molecule has 2 aliphatic carbocycles. The Balaban J connectivity index is 1.62. The van der Waals surface area contributed by atoms with E-state index in [1.165, 1.54) is 81.1 Å². The lowest BCUT2D eigenvalue weighted by Gasteiger charge is -2.26. The fraction of sp³-hybridized carbons (Fsp3) is 0.258. The minimum atomic E-state index is 0.181. The monoisotopic (exact) mass is 430 g/mol. The van der Waals surface area contributed by atoms with Crippen molar-refractivity contribution >= 4 is 21.9 Å². The van der Waals surface area contributed by atoms with Gasteiger partial charge in [0.15, 0.2) is 6.20 Å². The molecule has 0 amide bonds. The summed E-state index contributed by atoms with van der Waals surface area (Å²) in [7, 11) is 2.12. The Morgan fingerprint density at radius 3 is 2.52 bits per heavy atom. The maximum Gasteiger partial charge on any atom is 0.216 e. The van der Waals surface area contributed by atoms with Crippen LogP contribution in [0.1, 0.15) is 47.9 Å². The van der Waals surface area contributed by atoms with Crippen molar-refractivity contribution in [3.05, 3.63) is 89.1 Å². The van der Waals surface area contributed by atoms with Crippen LogP contribution in [0, 0.1) is 13.8 Å². The van der Waals surface area contributed by atoms with Crippen LogP contribution in [0.4, 0.5) is 0 Å². The number of nitrogens with zero attached hydrogens (tertiary/aromatic N) is 1. The molecule has 3 aromatic carbocycles. The van der Waals surface area contributed by atoms with Crippen molar-refractivity contribution in [2.24, 2.45) is 7.05 Å². The van der Waals surface area contributed by atoms with E-state index in [1.807, 2.05) is 0 Å². The zero-order chi connectivity index (χ0) is 22.3. The number of furan rings is 1. The molecule has 0 bridgehead atoms. The first-order valence-corrected chi connectivity index (χ1v) is 12.1. The Bertz CT molecular complexity index is 1600. The molecule has 1 fully saturated rings. The first-order chi connectivity index (χ1) is 16.1. The third-order valence-corrected chi connectivity index (χ3v) is 8.26. The lowest BCUT2D eigenvalue weighted by atomic mass is 9.76. The molecule has 0 aliphatic heterocycles. The molecule has 2 heteroatoms. The van der Waals surface area contributed by atoms with E-state index in [2.05, 4.69) is 92.3 Å². The van der Waals surface area contributed by atoms with E-state index >= 15 is 0 Å². The highest BCUT2D eigenvalue weighted by molar-refractivity contribution is 6.17. The summed E-state index contributed by atoms with van der Waals surface area (Å²) >= 11 is 0. The van der Waals surface area contributed by atoms with Crippen molar-refractivity contribution < 1.29 is 8.98 Å². The predicted molar refractivity (Wildman–Crippen MR) is 134 cm³/mol. The smallest absolute Gasteiger partial charge is 0.216 e. The Hall–Kier alpha value is -3.39. The molecular weight excluding hydrogens is 402 g/mol. The summed E-state index contributed by atoms with van der Waals surface area (Å²) in [4.78, 5) is 0. The maximum absolute atomic E-state index is 6.69. The molecule has 0 radical (unpaired) electrons. The maximum atomic E-state index is 6.69. The Kier molecular flexibility index (Phi) is 3.81. The average molecular weight is 431 g/mol. The number of aryl methyl sites for hydroxylation is 3. The summed E-state index contributed by atoms with van der Waals surface area (Å²) in [6.45, 7) is 4.35. The SMILES string of the molecule is Cc1cc[n+](C)c(-c2c(C)ccc3c2oc2ccc4c(c23)-c2ccccc2C42CCCC2)c1. The van der Waals surface area contributed by atoms with Crippen LogP contribution in [0.15, 0.2) is 71.3 Å². The van der Waals surface area contributed by atoms with Crippen LogP contribution in [0.2, 0.25) is 0 Å². The molecule has 0 unspecified atom stereocenters. The molecule has 2 aliphatic rings. The Labute approximate surface area is 194 Å². The van der Waals surface area contributed by atoms with Crippen LogP contribution in [0.25, 0.3) is 44.3 Å². The largest absolute Gasteiger partial charge is 0.455 e. The highest BCUT2D eigenvalue weighted by Gasteiger charge is 2.45. The van der Waals surface area contributed by atoms with Crippen molar-refractivity contribution in [3.63, 3.8) is 0 Å². The van der Waals surface area contributed by atoms with Gasteiger partial charge in [-0.15, -0.1) is 0 Å². The van der Waals surface area contributed by atoms with E-state index in [-0.39, 0.29) is 5.41 Å². The molecule has 2 heterocycles. The van der Waals surface area contributed by atoms with Gasteiger partial charge in [0.1, 0.15) is 18.2 Å². The minimum Gasteiger partial charge on any atom is -0.455 e. The fourth-order valence-electron chi connectivity index (χ4n) is 6.73. The molecule has 7 rings (SSSR count). The molecule has 2 aromatic heterocycles. The van der Waals surface area contributed by atoms with Gasteiger partial charge in [0.05, 0.1) is 5.56 Å². The summed E-state index contributed by atoms with van der Waals surface area (Å²) in [6.07, 6.45) is 7.27. The van der Waals surface area contributed by atoms with Crippen LogP contribution < -0.4 is 4.57 Å². The number of pyridine rings is 1. The summed E-state index contributed by atoms with van der Waals surface area (Å²) < 4.78 is 8.90. The van der Waals surface area contributed by atoms with Gasteiger partial charge in [-0.1, -0.05) is 55.3 Å². The third-order valence-electron chi connectivity index (χ3n) is 8.26. The number of hydrogen-bond donors (Lipinski definition) is 0. The van der Waals surface area contributed by atoms with Crippen molar-refractivity contribution in [1.29, 1.82) is 0 Å². The molecule has 162 valence electrons. The lowest BCUT2D eigenvalue weighted by Crippen LogP contribution is -2.30. The van der Waals surface area contributed by atoms with Gasteiger partial charge >= 0.3 is 0 Å². The van der Waals surface area contributed by atoms with Crippen LogP contribution in [0.3, 0.4) is 0 Å². The summed E-state index contributed by atoms with van der Waals surface area (Å²) in [6, 6.07) is 22.7. The fourth-order valence-corrected chi connectivity index (χ4v) is 6.73. The molecular formula is C31H28NO+. The quantitative estimate of drug-likeness (QED) is 0.251. The van der Waals surface area contributed by atoms with Crippen molar-refractivity contribution in [1.82, 2.24) is 0 Å². The molecule has 0 N–H and O–H groups in total. The normalized spacial score (nSPS) is 16.1. The zero-order valence-electron chi connectivity index (χ0n) is 19.5. The summed E-state index contributed by atoms with van der Waals surface area (Å²) in [5, 5.41) is 2.52. The topological polar surface area (TPSA) is 17.0 Å². The van der Waals surface area contributed by atoms with E-state index in [4.69, 9.17) is 4.42 Å². The first kappa shape index (κ1) is 19.1. The van der Waals surface area contributed by atoms with Gasteiger partial charge in [0, 0.05) is 28.3 Å². The van der Waals surface area contributed by atoms with Crippen LogP contribution >= 0.6 is 0 Å². The van der Waals surface area contributed by atoms with Gasteiger partial charge in [-0.25, -0.2) is 4.57 Å². The summed E-state index contributed by atoms with van der Waals surface area (Å²) in [5.74, 6) is 0. The molecule has 33 heavy (non-hydrogen) atoms. The van der Waals surface area contributed by atoms with Gasteiger partial charge < -0.3 is 4.42 Å².